The van der Waals surface area contributed by atoms with E-state index in [1.807, 2.05) is 33.0 Å². The fraction of sp³-hybridized carbons (Fsp3) is 0.381. The number of hydrogen-bond acceptors (Lipinski definition) is 5. The third-order valence-corrected chi connectivity index (χ3v) is 5.89. The molecule has 4 nitrogen and oxygen atoms in total. The Balaban J connectivity index is 1.53. The number of aliphatic imine (C=N–C) groups is 1. The summed E-state index contributed by atoms with van der Waals surface area (Å²) in [4.78, 5) is 22.2. The lowest BCUT2D eigenvalue weighted by Gasteiger charge is -2.12. The molecule has 1 aromatic carbocycles. The second-order valence-corrected chi connectivity index (χ2v) is 7.71. The molecule has 0 saturated heterocycles. The van der Waals surface area contributed by atoms with Crippen LogP contribution in [-0.4, -0.2) is 16.5 Å². The van der Waals surface area contributed by atoms with Crippen LogP contribution in [-0.2, 0) is 23.4 Å². The maximum atomic E-state index is 13.9. The first-order chi connectivity index (χ1) is 13.0. The first kappa shape index (κ1) is 19.5. The van der Waals surface area contributed by atoms with Gasteiger partial charge in [0.25, 0.3) is 0 Å². The molecule has 0 saturated carbocycles. The molecule has 1 unspecified atom stereocenters. The Morgan fingerprint density at radius 1 is 1.33 bits per heavy atom. The number of benzene rings is 1. The van der Waals surface area contributed by atoms with E-state index in [-0.39, 0.29) is 30.4 Å². The van der Waals surface area contributed by atoms with Gasteiger partial charge in [0.15, 0.2) is 0 Å². The van der Waals surface area contributed by atoms with Crippen molar-refractivity contribution in [3.63, 3.8) is 0 Å². The molecule has 142 valence electrons. The van der Waals surface area contributed by atoms with Crippen molar-refractivity contribution in [1.29, 1.82) is 0 Å². The molecule has 0 radical (unpaired) electrons. The second kappa shape index (κ2) is 8.65. The van der Waals surface area contributed by atoms with Gasteiger partial charge in [-0.05, 0) is 24.1 Å². The van der Waals surface area contributed by atoms with Crippen LogP contribution >= 0.6 is 11.8 Å². The van der Waals surface area contributed by atoms with Crippen LogP contribution in [0, 0.1) is 18.7 Å². The topological polar surface area (TPSA) is 55.5 Å². The van der Waals surface area contributed by atoms with Gasteiger partial charge in [-0.15, -0.1) is 11.8 Å². The molecule has 0 amide bonds. The summed E-state index contributed by atoms with van der Waals surface area (Å²) < 4.78 is 19.6. The molecule has 6 heteroatoms. The number of thioether (sulfide) groups is 1. The summed E-state index contributed by atoms with van der Waals surface area (Å²) in [5, 5.41) is 0. The van der Waals surface area contributed by atoms with Crippen LogP contribution in [0.1, 0.15) is 43.0 Å². The van der Waals surface area contributed by atoms with Gasteiger partial charge in [-0.2, -0.15) is 0 Å². The molecule has 27 heavy (non-hydrogen) atoms. The van der Waals surface area contributed by atoms with E-state index in [9.17, 15) is 9.18 Å². The standard InChI is InChI=1S/C21H23FN2O2S/c1-4-16-10-24-21(26-16)12-27-20-11-23-19(14(20)3)9-15(25)8-17-13(2)6-5-7-18(17)22/h5-7,10-11,14H,4,8-9,12H2,1-3H3. The summed E-state index contributed by atoms with van der Waals surface area (Å²) in [6, 6.07) is 4.88. The number of aryl methyl sites for hydroxylation is 2. The normalized spacial score (nSPS) is 16.4. The maximum Gasteiger partial charge on any atom is 0.204 e. The molecule has 1 atom stereocenters. The molecule has 0 spiro atoms. The van der Waals surface area contributed by atoms with Crippen molar-refractivity contribution in [3.8, 4) is 0 Å². The Hall–Kier alpha value is -2.21. The van der Waals surface area contributed by atoms with E-state index in [1.165, 1.54) is 6.07 Å². The van der Waals surface area contributed by atoms with Crippen molar-refractivity contribution >= 4 is 23.3 Å². The zero-order chi connectivity index (χ0) is 19.4. The van der Waals surface area contributed by atoms with Gasteiger partial charge in [-0.25, -0.2) is 9.37 Å². The quantitative estimate of drug-likeness (QED) is 0.637. The van der Waals surface area contributed by atoms with Crippen LogP contribution in [0.5, 0.6) is 0 Å². The lowest BCUT2D eigenvalue weighted by molar-refractivity contribution is -0.117. The highest BCUT2D eigenvalue weighted by atomic mass is 32.2. The van der Waals surface area contributed by atoms with E-state index in [1.54, 1.807) is 24.0 Å². The fourth-order valence-electron chi connectivity index (χ4n) is 2.97. The zero-order valence-corrected chi connectivity index (χ0v) is 16.6. The Morgan fingerprint density at radius 3 is 2.85 bits per heavy atom. The minimum atomic E-state index is -0.323. The molecule has 1 aliphatic rings. The summed E-state index contributed by atoms with van der Waals surface area (Å²) in [6.45, 7) is 5.89. The first-order valence-electron chi connectivity index (χ1n) is 9.06. The molecule has 0 N–H and O–H groups in total. The van der Waals surface area contributed by atoms with Crippen LogP contribution in [0.15, 0.2) is 44.9 Å². The molecule has 2 aromatic rings. The third kappa shape index (κ3) is 4.75. The third-order valence-electron chi connectivity index (χ3n) is 4.70. The Labute approximate surface area is 163 Å². The average Bonchev–Trinajstić information content (AvgIpc) is 3.24. The van der Waals surface area contributed by atoms with Crippen LogP contribution in [0.2, 0.25) is 0 Å². The summed E-state index contributed by atoms with van der Waals surface area (Å²) in [5.41, 5.74) is 2.11. The lowest BCUT2D eigenvalue weighted by Crippen LogP contribution is -2.16. The molecule has 0 aliphatic carbocycles. The van der Waals surface area contributed by atoms with Crippen LogP contribution in [0.25, 0.3) is 0 Å². The number of halogens is 1. The van der Waals surface area contributed by atoms with Crippen molar-refractivity contribution in [2.75, 3.05) is 0 Å². The highest BCUT2D eigenvalue weighted by Crippen LogP contribution is 2.33. The number of rotatable bonds is 8. The first-order valence-corrected chi connectivity index (χ1v) is 10.0. The molecule has 1 aromatic heterocycles. The monoisotopic (exact) mass is 386 g/mol. The van der Waals surface area contributed by atoms with Crippen molar-refractivity contribution in [2.45, 2.75) is 45.8 Å². The van der Waals surface area contributed by atoms with Gasteiger partial charge in [0.1, 0.15) is 17.4 Å². The number of aromatic nitrogens is 1. The van der Waals surface area contributed by atoms with Gasteiger partial charge in [0.2, 0.25) is 5.89 Å². The molecule has 0 fully saturated rings. The van der Waals surface area contributed by atoms with E-state index in [0.717, 1.165) is 28.4 Å². The summed E-state index contributed by atoms with van der Waals surface area (Å²) in [7, 11) is 0. The van der Waals surface area contributed by atoms with Gasteiger partial charge in [0, 0.05) is 42.0 Å². The van der Waals surface area contributed by atoms with Crippen molar-refractivity contribution in [3.05, 3.63) is 64.1 Å². The van der Waals surface area contributed by atoms with Gasteiger partial charge < -0.3 is 4.42 Å². The summed E-state index contributed by atoms with van der Waals surface area (Å²) >= 11 is 1.63. The molecule has 0 bridgehead atoms. The number of carbonyl (C=O) groups is 1. The molecular formula is C21H23FN2O2S. The minimum Gasteiger partial charge on any atom is -0.445 e. The molecule has 1 aliphatic heterocycles. The SMILES string of the molecule is CCc1cnc(CSC2=CN=C(CC(=O)Cc3c(C)cccc3F)C2C)o1. The number of hydrogen-bond donors (Lipinski definition) is 0. The molecular weight excluding hydrogens is 363 g/mol. The van der Waals surface area contributed by atoms with Gasteiger partial charge >= 0.3 is 0 Å². The van der Waals surface area contributed by atoms with E-state index in [4.69, 9.17) is 4.42 Å². The minimum absolute atomic E-state index is 0.0197. The number of carbonyl (C=O) groups excluding carboxylic acids is 1. The Kier molecular flexibility index (Phi) is 6.26. The number of nitrogens with zero attached hydrogens (tertiary/aromatic N) is 2. The maximum absolute atomic E-state index is 13.9. The second-order valence-electron chi connectivity index (χ2n) is 6.66. The smallest absolute Gasteiger partial charge is 0.204 e. The van der Waals surface area contributed by atoms with Gasteiger partial charge in [-0.3, -0.25) is 9.79 Å². The predicted molar refractivity (Wildman–Crippen MR) is 106 cm³/mol. The molecule has 3 rings (SSSR count). The average molecular weight is 386 g/mol. The summed E-state index contributed by atoms with van der Waals surface area (Å²) in [5.74, 6) is 1.96. The Bertz CT molecular complexity index is 881. The van der Waals surface area contributed by atoms with Crippen LogP contribution in [0.3, 0.4) is 0 Å². The van der Waals surface area contributed by atoms with E-state index < -0.39 is 0 Å². The van der Waals surface area contributed by atoms with Crippen LogP contribution in [0.4, 0.5) is 4.39 Å². The van der Waals surface area contributed by atoms with Crippen molar-refractivity contribution in [1.82, 2.24) is 4.98 Å². The van der Waals surface area contributed by atoms with E-state index in [2.05, 4.69) is 9.98 Å². The fourth-order valence-corrected chi connectivity index (χ4v) is 3.91. The number of ketones is 1. The van der Waals surface area contributed by atoms with E-state index >= 15 is 0 Å². The molecule has 2 heterocycles. The highest BCUT2D eigenvalue weighted by Gasteiger charge is 2.24. The van der Waals surface area contributed by atoms with Gasteiger partial charge in [-0.1, -0.05) is 26.0 Å². The summed E-state index contributed by atoms with van der Waals surface area (Å²) in [6.07, 6.45) is 4.74. The number of allylic oxidation sites excluding steroid dienone is 1. The number of oxazole rings is 1. The largest absolute Gasteiger partial charge is 0.445 e. The van der Waals surface area contributed by atoms with Crippen molar-refractivity contribution < 1.29 is 13.6 Å². The van der Waals surface area contributed by atoms with Gasteiger partial charge in [0.05, 0.1) is 11.9 Å². The Morgan fingerprint density at radius 2 is 2.15 bits per heavy atom. The van der Waals surface area contributed by atoms with Crippen LogP contribution < -0.4 is 0 Å². The zero-order valence-electron chi connectivity index (χ0n) is 15.8. The predicted octanol–water partition coefficient (Wildman–Crippen LogP) is 5.05. The number of Topliss-reactive ketones (excluding diaryl/α,β-unsaturated/α-hetero) is 1. The van der Waals surface area contributed by atoms with E-state index in [0.29, 0.717) is 17.2 Å². The highest BCUT2D eigenvalue weighted by molar-refractivity contribution is 8.02. The lowest BCUT2D eigenvalue weighted by atomic mass is 9.96. The van der Waals surface area contributed by atoms with Crippen molar-refractivity contribution in [2.24, 2.45) is 10.9 Å².